The molecule has 0 N–H and O–H groups in total. The minimum Gasteiger partial charge on any atom is -0.464 e. The molecule has 0 saturated heterocycles. The number of hydrogen-bond donors (Lipinski definition) is 0. The second kappa shape index (κ2) is 3.30. The van der Waals surface area contributed by atoms with Gasteiger partial charge in [-0.1, -0.05) is 0 Å². The molecule has 0 aliphatic carbocycles. The minimum absolute atomic E-state index is 0.122. The van der Waals surface area contributed by atoms with Crippen LogP contribution in [-0.2, 0) is 4.74 Å². The number of carbonyl (C=O) groups excluding carboxylic acids is 1. The number of ether oxygens (including phenoxy) is 1. The summed E-state index contributed by atoms with van der Waals surface area (Å²) in [5, 5.41) is 0. The summed E-state index contributed by atoms with van der Waals surface area (Å²) >= 11 is 0. The third kappa shape index (κ3) is 1.58. The van der Waals surface area contributed by atoms with E-state index >= 15 is 0 Å². The van der Waals surface area contributed by atoms with Gasteiger partial charge in [0.1, 0.15) is 11.5 Å². The maximum Gasteiger partial charge on any atom is 0.356 e. The highest BCUT2D eigenvalue weighted by atomic mass is 19.1. The molecular formula is C8H8FNO2. The van der Waals surface area contributed by atoms with Crippen LogP contribution in [0.5, 0.6) is 0 Å². The lowest BCUT2D eigenvalue weighted by atomic mass is 10.3. The molecule has 1 aromatic rings. The lowest BCUT2D eigenvalue weighted by molar-refractivity contribution is 0.0593. The van der Waals surface area contributed by atoms with Crippen LogP contribution < -0.4 is 0 Å². The summed E-state index contributed by atoms with van der Waals surface area (Å²) in [5.74, 6) is -0.985. The summed E-state index contributed by atoms with van der Waals surface area (Å²) in [5.41, 5.74) is 0.314. The Morgan fingerprint density at radius 1 is 1.58 bits per heavy atom. The zero-order valence-electron chi connectivity index (χ0n) is 6.80. The fourth-order valence-corrected chi connectivity index (χ4v) is 0.762. The number of methoxy groups -OCH3 is 1. The van der Waals surface area contributed by atoms with Crippen LogP contribution >= 0.6 is 0 Å². The Kier molecular flexibility index (Phi) is 2.38. The molecule has 64 valence electrons. The first-order valence-corrected chi connectivity index (χ1v) is 3.36. The summed E-state index contributed by atoms with van der Waals surface area (Å²) in [4.78, 5) is 14.6. The zero-order valence-corrected chi connectivity index (χ0v) is 6.80. The fraction of sp³-hybridized carbons (Fsp3) is 0.250. The van der Waals surface area contributed by atoms with E-state index in [1.54, 1.807) is 0 Å². The van der Waals surface area contributed by atoms with Crippen molar-refractivity contribution in [2.45, 2.75) is 6.92 Å². The highest BCUT2D eigenvalue weighted by Gasteiger charge is 2.08. The van der Waals surface area contributed by atoms with E-state index in [2.05, 4.69) is 9.72 Å². The smallest absolute Gasteiger partial charge is 0.356 e. The van der Waals surface area contributed by atoms with Gasteiger partial charge in [-0.25, -0.2) is 14.2 Å². The van der Waals surface area contributed by atoms with Crippen LogP contribution in [0.4, 0.5) is 4.39 Å². The Morgan fingerprint density at radius 3 is 2.75 bits per heavy atom. The van der Waals surface area contributed by atoms with Crippen molar-refractivity contribution in [1.29, 1.82) is 0 Å². The van der Waals surface area contributed by atoms with Gasteiger partial charge < -0.3 is 4.74 Å². The Balaban J connectivity index is 3.05. The van der Waals surface area contributed by atoms with Crippen molar-refractivity contribution in [2.75, 3.05) is 7.11 Å². The maximum atomic E-state index is 12.7. The summed E-state index contributed by atoms with van der Waals surface area (Å²) in [6, 6.07) is 2.47. The van der Waals surface area contributed by atoms with Gasteiger partial charge in [-0.15, -0.1) is 0 Å². The fourth-order valence-electron chi connectivity index (χ4n) is 0.762. The first-order chi connectivity index (χ1) is 5.65. The maximum absolute atomic E-state index is 12.7. The quantitative estimate of drug-likeness (QED) is 0.595. The Morgan fingerprint density at radius 2 is 2.25 bits per heavy atom. The highest BCUT2D eigenvalue weighted by Crippen LogP contribution is 2.04. The molecule has 0 aliphatic heterocycles. The topological polar surface area (TPSA) is 39.2 Å². The zero-order chi connectivity index (χ0) is 9.14. The molecule has 1 rings (SSSR count). The number of rotatable bonds is 1. The van der Waals surface area contributed by atoms with Gasteiger partial charge in [0.05, 0.1) is 12.8 Å². The Bertz CT molecular complexity index is 312. The molecule has 0 unspecified atom stereocenters. The average molecular weight is 169 g/mol. The predicted octanol–water partition coefficient (Wildman–Crippen LogP) is 1.32. The molecule has 0 aliphatic rings. The van der Waals surface area contributed by atoms with Gasteiger partial charge in [-0.05, 0) is 19.1 Å². The molecule has 4 heteroatoms. The SMILES string of the molecule is COC(=O)c1ccc(F)c(C)n1. The molecule has 12 heavy (non-hydrogen) atoms. The van der Waals surface area contributed by atoms with Crippen molar-refractivity contribution in [2.24, 2.45) is 0 Å². The van der Waals surface area contributed by atoms with Gasteiger partial charge in [0, 0.05) is 0 Å². The number of pyridine rings is 1. The molecule has 0 saturated carbocycles. The monoisotopic (exact) mass is 169 g/mol. The lowest BCUT2D eigenvalue weighted by Crippen LogP contribution is -2.05. The average Bonchev–Trinajstić information content (AvgIpc) is 2.08. The molecule has 0 spiro atoms. The third-order valence-electron chi connectivity index (χ3n) is 1.42. The third-order valence-corrected chi connectivity index (χ3v) is 1.42. The summed E-state index contributed by atoms with van der Waals surface area (Å²) in [6.07, 6.45) is 0. The number of aryl methyl sites for hydroxylation is 1. The van der Waals surface area contributed by atoms with Crippen molar-refractivity contribution in [3.63, 3.8) is 0 Å². The van der Waals surface area contributed by atoms with Crippen LogP contribution in [0.3, 0.4) is 0 Å². The van der Waals surface area contributed by atoms with E-state index in [0.29, 0.717) is 0 Å². The molecular weight excluding hydrogens is 161 g/mol. The molecule has 0 radical (unpaired) electrons. The van der Waals surface area contributed by atoms with Crippen LogP contribution in [0.2, 0.25) is 0 Å². The molecule has 1 heterocycles. The summed E-state index contributed by atoms with van der Waals surface area (Å²) in [6.45, 7) is 1.49. The second-order valence-electron chi connectivity index (χ2n) is 2.26. The molecule has 0 atom stereocenters. The number of carbonyl (C=O) groups is 1. The first kappa shape index (κ1) is 8.64. The van der Waals surface area contributed by atoms with Gasteiger partial charge in [0.25, 0.3) is 0 Å². The van der Waals surface area contributed by atoms with Crippen molar-refractivity contribution in [1.82, 2.24) is 4.98 Å². The normalized spacial score (nSPS) is 9.58. The first-order valence-electron chi connectivity index (χ1n) is 3.36. The van der Waals surface area contributed by atoms with E-state index in [1.165, 1.54) is 26.2 Å². The van der Waals surface area contributed by atoms with Crippen LogP contribution in [0.1, 0.15) is 16.2 Å². The van der Waals surface area contributed by atoms with Crippen molar-refractivity contribution >= 4 is 5.97 Å². The van der Waals surface area contributed by atoms with Gasteiger partial charge in [0.15, 0.2) is 0 Å². The van der Waals surface area contributed by atoms with E-state index < -0.39 is 11.8 Å². The van der Waals surface area contributed by atoms with Crippen LogP contribution in [-0.4, -0.2) is 18.1 Å². The number of esters is 1. The van der Waals surface area contributed by atoms with Crippen molar-refractivity contribution in [3.05, 3.63) is 29.3 Å². The number of hydrogen-bond acceptors (Lipinski definition) is 3. The van der Waals surface area contributed by atoms with E-state index in [0.717, 1.165) is 0 Å². The van der Waals surface area contributed by atoms with E-state index in [-0.39, 0.29) is 11.4 Å². The van der Waals surface area contributed by atoms with Crippen molar-refractivity contribution < 1.29 is 13.9 Å². The molecule has 3 nitrogen and oxygen atoms in total. The van der Waals surface area contributed by atoms with E-state index in [1.807, 2.05) is 0 Å². The molecule has 0 amide bonds. The predicted molar refractivity (Wildman–Crippen MR) is 40.3 cm³/mol. The summed E-state index contributed by atoms with van der Waals surface area (Å²) < 4.78 is 17.1. The van der Waals surface area contributed by atoms with Crippen LogP contribution in [0.15, 0.2) is 12.1 Å². The number of nitrogens with zero attached hydrogens (tertiary/aromatic N) is 1. The number of halogens is 1. The molecule has 0 bridgehead atoms. The standard InChI is InChI=1S/C8H8FNO2/c1-5-6(9)3-4-7(10-5)8(11)12-2/h3-4H,1-2H3. The van der Waals surface area contributed by atoms with Crippen LogP contribution in [0.25, 0.3) is 0 Å². The highest BCUT2D eigenvalue weighted by molar-refractivity contribution is 5.87. The molecule has 1 aromatic heterocycles. The van der Waals surface area contributed by atoms with Crippen LogP contribution in [0, 0.1) is 12.7 Å². The van der Waals surface area contributed by atoms with E-state index in [9.17, 15) is 9.18 Å². The molecule has 0 aromatic carbocycles. The van der Waals surface area contributed by atoms with E-state index in [4.69, 9.17) is 0 Å². The Labute approximate surface area is 69.2 Å². The van der Waals surface area contributed by atoms with Gasteiger partial charge >= 0.3 is 5.97 Å². The molecule has 0 fully saturated rings. The van der Waals surface area contributed by atoms with Gasteiger partial charge in [-0.2, -0.15) is 0 Å². The van der Waals surface area contributed by atoms with Crippen molar-refractivity contribution in [3.8, 4) is 0 Å². The Hall–Kier alpha value is -1.45. The number of aromatic nitrogens is 1. The van der Waals surface area contributed by atoms with Gasteiger partial charge in [-0.3, -0.25) is 0 Å². The minimum atomic E-state index is -0.557. The van der Waals surface area contributed by atoms with Gasteiger partial charge in [0.2, 0.25) is 0 Å². The lowest BCUT2D eigenvalue weighted by Gasteiger charge is -1.99. The summed E-state index contributed by atoms with van der Waals surface area (Å²) in [7, 11) is 1.25. The second-order valence-corrected chi connectivity index (χ2v) is 2.26. The largest absolute Gasteiger partial charge is 0.464 e.